The molecule has 1 saturated carbocycles. The first-order chi connectivity index (χ1) is 10.4. The first-order valence-corrected chi connectivity index (χ1v) is 7.79. The molecule has 0 amide bonds. The van der Waals surface area contributed by atoms with Crippen LogP contribution in [0.25, 0.3) is 0 Å². The van der Waals surface area contributed by atoms with Crippen molar-refractivity contribution in [2.75, 3.05) is 0 Å². The maximum Gasteiger partial charge on any atom is 0.118 e. The van der Waals surface area contributed by atoms with Crippen molar-refractivity contribution in [2.45, 2.75) is 38.7 Å². The number of aliphatic imine (C=N–C) groups is 1. The minimum atomic E-state index is 0.624. The molecule has 1 fully saturated rings. The lowest BCUT2D eigenvalue weighted by atomic mass is 9.88. The molecule has 0 radical (unpaired) electrons. The Kier molecular flexibility index (Phi) is 3.23. The van der Waals surface area contributed by atoms with Crippen LogP contribution in [0.5, 0.6) is 0 Å². The number of benzene rings is 1. The normalized spacial score (nSPS) is 20.3. The van der Waals surface area contributed by atoms with E-state index in [1.807, 2.05) is 18.2 Å². The van der Waals surface area contributed by atoms with Crippen molar-refractivity contribution in [3.05, 3.63) is 70.6 Å². The Hall–Kier alpha value is -2.09. The lowest BCUT2D eigenvalue weighted by molar-refractivity contribution is 0.209. The highest BCUT2D eigenvalue weighted by Gasteiger charge is 2.27. The van der Waals surface area contributed by atoms with E-state index in [2.05, 4.69) is 24.3 Å². The molecule has 0 aromatic heterocycles. The highest BCUT2D eigenvalue weighted by Crippen LogP contribution is 2.38. The molecule has 4 rings (SSSR count). The Morgan fingerprint density at radius 2 is 1.86 bits per heavy atom. The van der Waals surface area contributed by atoms with Gasteiger partial charge in [-0.15, -0.1) is 0 Å². The molecule has 0 N–H and O–H groups in total. The molecule has 1 aromatic carbocycles. The van der Waals surface area contributed by atoms with Crippen LogP contribution in [0.15, 0.2) is 70.1 Å². The topological polar surface area (TPSA) is 21.6 Å². The Labute approximate surface area is 125 Å². The summed E-state index contributed by atoms with van der Waals surface area (Å²) in [7, 11) is 0. The summed E-state index contributed by atoms with van der Waals surface area (Å²) in [5.41, 5.74) is 6.64. The van der Waals surface area contributed by atoms with Crippen LogP contribution in [0, 0.1) is 0 Å². The van der Waals surface area contributed by atoms with Gasteiger partial charge in [0.25, 0.3) is 0 Å². The molecular weight excluding hydrogens is 258 g/mol. The van der Waals surface area contributed by atoms with Gasteiger partial charge in [0.2, 0.25) is 0 Å². The summed E-state index contributed by atoms with van der Waals surface area (Å²) in [6.07, 6.45) is 10.2. The van der Waals surface area contributed by atoms with Crippen molar-refractivity contribution in [3.8, 4) is 0 Å². The number of allylic oxidation sites excluding steroid dienone is 4. The zero-order chi connectivity index (χ0) is 14.1. The molecule has 1 heterocycles. The monoisotopic (exact) mass is 277 g/mol. The fourth-order valence-electron chi connectivity index (χ4n) is 3.29. The van der Waals surface area contributed by atoms with Crippen molar-refractivity contribution in [2.24, 2.45) is 4.99 Å². The van der Waals surface area contributed by atoms with Crippen LogP contribution in [0.2, 0.25) is 0 Å². The highest BCUT2D eigenvalue weighted by atomic mass is 16.5. The molecule has 21 heavy (non-hydrogen) atoms. The van der Waals surface area contributed by atoms with Crippen LogP contribution in [0.4, 0.5) is 0 Å². The molecule has 2 heteroatoms. The summed E-state index contributed by atoms with van der Waals surface area (Å²) in [5, 5.41) is 0. The van der Waals surface area contributed by atoms with Crippen LogP contribution in [-0.4, -0.2) is 5.71 Å². The summed E-state index contributed by atoms with van der Waals surface area (Å²) >= 11 is 0. The van der Waals surface area contributed by atoms with Crippen molar-refractivity contribution in [1.29, 1.82) is 0 Å². The quantitative estimate of drug-likeness (QED) is 0.784. The third-order valence-corrected chi connectivity index (χ3v) is 4.40. The molecule has 0 saturated heterocycles. The minimum Gasteiger partial charge on any atom is -0.489 e. The predicted octanol–water partition coefficient (Wildman–Crippen LogP) is 4.70. The van der Waals surface area contributed by atoms with Crippen molar-refractivity contribution in [3.63, 3.8) is 0 Å². The molecule has 2 aliphatic carbocycles. The van der Waals surface area contributed by atoms with Crippen molar-refractivity contribution in [1.82, 2.24) is 0 Å². The summed E-state index contributed by atoms with van der Waals surface area (Å²) in [6, 6.07) is 10.3. The molecule has 0 atom stereocenters. The molecule has 3 aliphatic rings. The smallest absolute Gasteiger partial charge is 0.118 e. The molecule has 106 valence electrons. The van der Waals surface area contributed by atoms with Crippen molar-refractivity contribution < 1.29 is 4.74 Å². The standard InChI is InChI=1S/C19H19NO/c1-2-6-14(7-3-1)13-21-15-10-11-17-16-8-4-5-9-18(16)20-19(17)12-15/h1-3,6-7,10,12H,4-5,8-9,11,13H2. The van der Waals surface area contributed by atoms with Gasteiger partial charge in [0, 0.05) is 11.8 Å². The van der Waals surface area contributed by atoms with Gasteiger partial charge in [0.1, 0.15) is 12.4 Å². The molecule has 0 bridgehead atoms. The zero-order valence-electron chi connectivity index (χ0n) is 12.1. The Balaban J connectivity index is 1.49. The van der Waals surface area contributed by atoms with Crippen molar-refractivity contribution >= 4 is 5.71 Å². The van der Waals surface area contributed by atoms with Gasteiger partial charge in [-0.1, -0.05) is 30.3 Å². The SMILES string of the molecule is C1=C(OCc2ccccc2)C=C2N=C3CCCCC3=C2C1. The second-order valence-electron chi connectivity index (χ2n) is 5.84. The van der Waals surface area contributed by atoms with Gasteiger partial charge in [0.05, 0.1) is 5.70 Å². The van der Waals surface area contributed by atoms with E-state index in [0.717, 1.165) is 24.3 Å². The highest BCUT2D eigenvalue weighted by molar-refractivity contribution is 6.05. The summed E-state index contributed by atoms with van der Waals surface area (Å²) < 4.78 is 5.92. The van der Waals surface area contributed by atoms with E-state index in [0.29, 0.717) is 6.61 Å². The van der Waals surface area contributed by atoms with Gasteiger partial charge in [-0.25, -0.2) is 0 Å². The van der Waals surface area contributed by atoms with Gasteiger partial charge in [-0.05, 0) is 54.9 Å². The van der Waals surface area contributed by atoms with Gasteiger partial charge in [-0.2, -0.15) is 0 Å². The average molecular weight is 277 g/mol. The fraction of sp³-hybridized carbons (Fsp3) is 0.316. The van der Waals surface area contributed by atoms with Gasteiger partial charge < -0.3 is 4.74 Å². The van der Waals surface area contributed by atoms with Crippen LogP contribution in [0.3, 0.4) is 0 Å². The largest absolute Gasteiger partial charge is 0.489 e. The van der Waals surface area contributed by atoms with E-state index < -0.39 is 0 Å². The van der Waals surface area contributed by atoms with E-state index in [1.54, 1.807) is 0 Å². The van der Waals surface area contributed by atoms with E-state index >= 15 is 0 Å². The molecule has 1 aromatic rings. The Bertz CT molecular complexity index is 677. The van der Waals surface area contributed by atoms with E-state index in [-0.39, 0.29) is 0 Å². The number of ether oxygens (including phenoxy) is 1. The first kappa shape index (κ1) is 12.6. The van der Waals surface area contributed by atoms with Crippen LogP contribution in [-0.2, 0) is 11.3 Å². The van der Waals surface area contributed by atoms with Gasteiger partial charge in [-0.3, -0.25) is 4.99 Å². The Morgan fingerprint density at radius 1 is 1.00 bits per heavy atom. The number of fused-ring (bicyclic) bond motifs is 2. The average Bonchev–Trinajstić information content (AvgIpc) is 2.91. The molecule has 2 nitrogen and oxygen atoms in total. The predicted molar refractivity (Wildman–Crippen MR) is 84.9 cm³/mol. The summed E-state index contributed by atoms with van der Waals surface area (Å²) in [5.74, 6) is 0.959. The lowest BCUT2D eigenvalue weighted by Gasteiger charge is -2.16. The third kappa shape index (κ3) is 2.46. The fourth-order valence-corrected chi connectivity index (χ4v) is 3.29. The number of nitrogens with zero attached hydrogens (tertiary/aromatic N) is 1. The number of rotatable bonds is 3. The van der Waals surface area contributed by atoms with Crippen LogP contribution in [0.1, 0.15) is 37.7 Å². The molecule has 0 spiro atoms. The number of hydrogen-bond acceptors (Lipinski definition) is 2. The lowest BCUT2D eigenvalue weighted by Crippen LogP contribution is -2.07. The Morgan fingerprint density at radius 3 is 2.76 bits per heavy atom. The third-order valence-electron chi connectivity index (χ3n) is 4.40. The maximum absolute atomic E-state index is 5.92. The zero-order valence-corrected chi connectivity index (χ0v) is 12.1. The molecule has 0 unspecified atom stereocenters. The summed E-state index contributed by atoms with van der Waals surface area (Å²) in [6.45, 7) is 0.624. The number of hydrogen-bond donors (Lipinski definition) is 0. The summed E-state index contributed by atoms with van der Waals surface area (Å²) in [4.78, 5) is 4.82. The molecular formula is C19H19NO. The van der Waals surface area contributed by atoms with Gasteiger partial charge in [0.15, 0.2) is 0 Å². The van der Waals surface area contributed by atoms with E-state index in [1.165, 1.54) is 41.7 Å². The maximum atomic E-state index is 5.92. The van der Waals surface area contributed by atoms with Gasteiger partial charge >= 0.3 is 0 Å². The van der Waals surface area contributed by atoms with Crippen LogP contribution >= 0.6 is 0 Å². The second-order valence-corrected chi connectivity index (χ2v) is 5.84. The molecule has 1 aliphatic heterocycles. The van der Waals surface area contributed by atoms with Crippen LogP contribution < -0.4 is 0 Å². The second kappa shape index (κ2) is 5.36. The van der Waals surface area contributed by atoms with E-state index in [4.69, 9.17) is 9.73 Å². The van der Waals surface area contributed by atoms with E-state index in [9.17, 15) is 0 Å². The minimum absolute atomic E-state index is 0.624. The first-order valence-electron chi connectivity index (χ1n) is 7.79.